The molecule has 8 aromatic carbocycles. The van der Waals surface area contributed by atoms with Crippen LogP contribution in [0.25, 0.3) is 24.3 Å². The number of nitrogens with two attached hydrogens (primary N) is 4. The molecule has 0 aromatic heterocycles. The molecule has 0 aliphatic heterocycles. The van der Waals surface area contributed by atoms with Gasteiger partial charge in [-0.05, 0) is 119 Å². The van der Waals surface area contributed by atoms with Gasteiger partial charge in [-0.15, -0.1) is 0 Å². The summed E-state index contributed by atoms with van der Waals surface area (Å²) in [5.74, 6) is 0. The molecule has 0 aliphatic rings. The maximum atomic E-state index is 10.9. The van der Waals surface area contributed by atoms with E-state index in [4.69, 9.17) is 41.1 Å². The van der Waals surface area contributed by atoms with Crippen LogP contribution in [0.2, 0.25) is 0 Å². The van der Waals surface area contributed by atoms with E-state index < -0.39 is 64.6 Å². The molecule has 0 saturated carbocycles. The van der Waals surface area contributed by atoms with Gasteiger partial charge in [0.25, 0.3) is 40.5 Å². The third-order valence-corrected chi connectivity index (χ3v) is 13.3. The van der Waals surface area contributed by atoms with Gasteiger partial charge in [-0.1, -0.05) is 146 Å². The van der Waals surface area contributed by atoms with E-state index in [0.717, 1.165) is 22.7 Å². The number of amides is 8. The van der Waals surface area contributed by atoms with Crippen molar-refractivity contribution < 1.29 is 71.1 Å². The second-order valence-electron chi connectivity index (χ2n) is 16.3. The molecular weight excluding hydrogens is 1170 g/mol. The van der Waals surface area contributed by atoms with Gasteiger partial charge in [0.15, 0.2) is 0 Å². The topological polar surface area (TPSA) is 438 Å². The molecule has 8 aromatic rings. The van der Waals surface area contributed by atoms with Crippen molar-refractivity contribution in [1.82, 2.24) is 0 Å². The molecule has 0 spiro atoms. The van der Waals surface area contributed by atoms with Crippen LogP contribution in [0.1, 0.15) is 22.3 Å². The smallest absolute Gasteiger partial charge is 0.316 e. The standard InChI is InChI=1S/2C14H12O6S2.4C7H8N2O/c2*15-21(16,17)13-7-3-11(4-8-13)1-2-12-5-9-14(10-6-12)22(18,19)20;4*8-7(10)9-6-4-2-1-3-5-6/h2*1-10H,(H,15,16,17)(H,18,19,20);4*1-5H,(H3,8,9,10). The molecule has 8 rings (SSSR count). The molecule has 8 amide bonds. The third-order valence-electron chi connectivity index (χ3n) is 9.81. The lowest BCUT2D eigenvalue weighted by molar-refractivity contribution is 0.258. The highest BCUT2D eigenvalue weighted by Crippen LogP contribution is 2.17. The summed E-state index contributed by atoms with van der Waals surface area (Å²) in [6, 6.07) is 56.4. The second kappa shape index (κ2) is 33.6. The van der Waals surface area contributed by atoms with E-state index in [9.17, 15) is 52.8 Å². The van der Waals surface area contributed by atoms with Gasteiger partial charge in [-0.25, -0.2) is 19.2 Å². The normalized spacial score (nSPS) is 10.8. The average Bonchev–Trinajstić information content (AvgIpc) is 3.44. The minimum absolute atomic E-state index is 0.192. The lowest BCUT2D eigenvalue weighted by Gasteiger charge is -1.99. The second-order valence-corrected chi connectivity index (χ2v) is 22.0. The quantitative estimate of drug-likeness (QED) is 0.0400. The number of carbonyl (C=O) groups is 4. The van der Waals surface area contributed by atoms with E-state index in [0.29, 0.717) is 22.3 Å². The molecule has 0 aliphatic carbocycles. The molecule has 0 radical (unpaired) electrons. The Bertz CT molecular complexity index is 3390. The van der Waals surface area contributed by atoms with E-state index in [2.05, 4.69) is 21.3 Å². The van der Waals surface area contributed by atoms with Gasteiger partial charge in [0.1, 0.15) is 0 Å². The van der Waals surface area contributed by atoms with Crippen LogP contribution < -0.4 is 44.2 Å². The van der Waals surface area contributed by atoms with Crippen molar-refractivity contribution in [3.05, 3.63) is 241 Å². The minimum Gasteiger partial charge on any atom is -0.351 e. The fraction of sp³-hybridized carbons (Fsp3) is 0. The Morgan fingerprint density at radius 1 is 0.262 bits per heavy atom. The molecular formula is C56H56N8O16S4. The maximum absolute atomic E-state index is 10.9. The van der Waals surface area contributed by atoms with Crippen molar-refractivity contribution in [2.75, 3.05) is 21.3 Å². The zero-order valence-electron chi connectivity index (χ0n) is 43.7. The van der Waals surface area contributed by atoms with Crippen LogP contribution >= 0.6 is 0 Å². The predicted octanol–water partition coefficient (Wildman–Crippen LogP) is 9.41. The van der Waals surface area contributed by atoms with Crippen LogP contribution in [0.5, 0.6) is 0 Å². The summed E-state index contributed by atoms with van der Waals surface area (Å²) in [6.07, 6.45) is 6.76. The third kappa shape index (κ3) is 28.9. The van der Waals surface area contributed by atoms with Crippen molar-refractivity contribution in [3.8, 4) is 0 Å². The molecule has 0 bridgehead atoms. The number of benzene rings is 8. The van der Waals surface area contributed by atoms with Crippen molar-refractivity contribution >= 4 is 112 Å². The maximum Gasteiger partial charge on any atom is 0.316 e. The summed E-state index contributed by atoms with van der Waals surface area (Å²) >= 11 is 0. The van der Waals surface area contributed by atoms with E-state index >= 15 is 0 Å². The highest BCUT2D eigenvalue weighted by molar-refractivity contribution is 7.86. The number of anilines is 4. The molecule has 0 atom stereocenters. The molecule has 24 nitrogen and oxygen atoms in total. The Kier molecular flexibility index (Phi) is 27.3. The monoisotopic (exact) mass is 1220 g/mol. The number of carbonyl (C=O) groups excluding carboxylic acids is 4. The molecule has 0 heterocycles. The molecule has 440 valence electrons. The molecule has 28 heteroatoms. The summed E-state index contributed by atoms with van der Waals surface area (Å²) in [5.41, 5.74) is 25.2. The number of primary amides is 4. The Morgan fingerprint density at radius 2 is 0.405 bits per heavy atom. The highest BCUT2D eigenvalue weighted by atomic mass is 32.2. The molecule has 0 saturated heterocycles. The van der Waals surface area contributed by atoms with Gasteiger partial charge in [0.2, 0.25) is 0 Å². The van der Waals surface area contributed by atoms with Crippen LogP contribution in [0, 0.1) is 0 Å². The van der Waals surface area contributed by atoms with Crippen LogP contribution in [0.4, 0.5) is 41.9 Å². The van der Waals surface area contributed by atoms with Crippen molar-refractivity contribution in [2.45, 2.75) is 19.6 Å². The number of para-hydroxylation sites is 4. The first-order valence-electron chi connectivity index (χ1n) is 23.6. The van der Waals surface area contributed by atoms with Crippen LogP contribution in [-0.2, 0) is 40.5 Å². The zero-order valence-corrected chi connectivity index (χ0v) is 47.0. The lowest BCUT2D eigenvalue weighted by Crippen LogP contribution is -2.18. The van der Waals surface area contributed by atoms with Gasteiger partial charge in [0, 0.05) is 22.7 Å². The first-order valence-corrected chi connectivity index (χ1v) is 29.4. The SMILES string of the molecule is NC(=O)Nc1ccccc1.NC(=O)Nc1ccccc1.NC(=O)Nc1ccccc1.NC(=O)Nc1ccccc1.O=S(=O)(O)c1ccc(C=Cc2ccc(S(=O)(=O)O)cc2)cc1.O=S(=O)(O)c1ccc(C=Cc2ccc(S(=O)(=O)O)cc2)cc1. The van der Waals surface area contributed by atoms with Crippen molar-refractivity contribution in [3.63, 3.8) is 0 Å². The van der Waals surface area contributed by atoms with Crippen LogP contribution in [0.15, 0.2) is 238 Å². The first-order chi connectivity index (χ1) is 39.5. The van der Waals surface area contributed by atoms with E-state index in [1.165, 1.54) is 97.1 Å². The molecule has 0 unspecified atom stereocenters. The summed E-state index contributed by atoms with van der Waals surface area (Å²) in [6.45, 7) is 0. The largest absolute Gasteiger partial charge is 0.351 e. The number of urea groups is 4. The predicted molar refractivity (Wildman–Crippen MR) is 321 cm³/mol. The average molecular weight is 1230 g/mol. The summed E-state index contributed by atoms with van der Waals surface area (Å²) in [4.78, 5) is 40.3. The Balaban J connectivity index is 0.000000276. The molecule has 0 fully saturated rings. The summed E-state index contributed by atoms with van der Waals surface area (Å²) < 4.78 is 123. The lowest BCUT2D eigenvalue weighted by atomic mass is 10.1. The number of hydrogen-bond acceptors (Lipinski definition) is 12. The molecule has 16 N–H and O–H groups in total. The summed E-state index contributed by atoms with van der Waals surface area (Å²) in [5, 5.41) is 9.77. The Hall–Kier alpha value is -10.0. The summed E-state index contributed by atoms with van der Waals surface area (Å²) in [7, 11) is -16.8. The number of hydrogen-bond donors (Lipinski definition) is 12. The highest BCUT2D eigenvalue weighted by Gasteiger charge is 2.11. The van der Waals surface area contributed by atoms with Crippen LogP contribution in [-0.4, -0.2) is 76.0 Å². The number of nitrogens with one attached hydrogen (secondary N) is 4. The van der Waals surface area contributed by atoms with E-state index in [-0.39, 0.29) is 19.6 Å². The number of rotatable bonds is 12. The fourth-order valence-corrected chi connectivity index (χ4v) is 7.96. The molecule has 84 heavy (non-hydrogen) atoms. The van der Waals surface area contributed by atoms with Crippen LogP contribution in [0.3, 0.4) is 0 Å². The van der Waals surface area contributed by atoms with E-state index in [1.54, 1.807) is 72.8 Å². The van der Waals surface area contributed by atoms with Gasteiger partial charge < -0.3 is 44.2 Å². The first kappa shape index (κ1) is 68.2. The van der Waals surface area contributed by atoms with Gasteiger partial charge >= 0.3 is 24.1 Å². The van der Waals surface area contributed by atoms with Gasteiger partial charge in [0.05, 0.1) is 19.6 Å². The Labute approximate surface area is 484 Å². The van der Waals surface area contributed by atoms with Crippen molar-refractivity contribution in [1.29, 1.82) is 0 Å². The van der Waals surface area contributed by atoms with E-state index in [1.807, 2.05) is 72.8 Å². The van der Waals surface area contributed by atoms with Gasteiger partial charge in [-0.2, -0.15) is 33.7 Å². The van der Waals surface area contributed by atoms with Gasteiger partial charge in [-0.3, -0.25) is 18.2 Å². The van der Waals surface area contributed by atoms with Crippen molar-refractivity contribution in [2.24, 2.45) is 22.9 Å². The fourth-order valence-electron chi connectivity index (χ4n) is 6.04. The zero-order chi connectivity index (χ0) is 62.4. The minimum atomic E-state index is -4.21. The Morgan fingerprint density at radius 3 is 0.524 bits per heavy atom.